The topological polar surface area (TPSA) is 29.1 Å². The fourth-order valence-corrected chi connectivity index (χ4v) is 2.36. The largest absolute Gasteiger partial charge is 0.346 e. The Morgan fingerprint density at radius 3 is 2.52 bits per heavy atom. The minimum Gasteiger partial charge on any atom is -0.346 e. The number of carbonyl (C=O) groups excluding carboxylic acids is 1. The van der Waals surface area contributed by atoms with Crippen molar-refractivity contribution in [3.8, 4) is 0 Å². The number of benzene rings is 2. The first kappa shape index (κ1) is 15.6. The fraction of sp³-hybridized carbons (Fsp3) is 0.118. The van der Waals surface area contributed by atoms with Gasteiger partial charge < -0.3 is 5.32 Å². The van der Waals surface area contributed by atoms with Crippen LogP contribution < -0.4 is 5.32 Å². The van der Waals surface area contributed by atoms with Gasteiger partial charge in [0.1, 0.15) is 0 Å². The van der Waals surface area contributed by atoms with Gasteiger partial charge in [-0.3, -0.25) is 4.79 Å². The number of nitrogens with one attached hydrogen (secondary N) is 1. The lowest BCUT2D eigenvalue weighted by Crippen LogP contribution is -2.24. The van der Waals surface area contributed by atoms with Crippen LogP contribution in [0.1, 0.15) is 24.1 Å². The van der Waals surface area contributed by atoms with Gasteiger partial charge >= 0.3 is 0 Å². The highest BCUT2D eigenvalue weighted by Crippen LogP contribution is 2.22. The number of carbonyl (C=O) groups is 1. The van der Waals surface area contributed by atoms with E-state index in [0.717, 1.165) is 11.1 Å². The maximum absolute atomic E-state index is 11.9. The first-order valence-electron chi connectivity index (χ1n) is 6.55. The van der Waals surface area contributed by atoms with Crippen LogP contribution in [0.2, 0.25) is 10.0 Å². The van der Waals surface area contributed by atoms with E-state index in [1.807, 2.05) is 37.3 Å². The highest BCUT2D eigenvalue weighted by atomic mass is 35.5. The van der Waals surface area contributed by atoms with Crippen molar-refractivity contribution in [2.45, 2.75) is 13.0 Å². The summed E-state index contributed by atoms with van der Waals surface area (Å²) < 4.78 is 0. The number of halogens is 2. The van der Waals surface area contributed by atoms with E-state index >= 15 is 0 Å². The maximum atomic E-state index is 11.9. The van der Waals surface area contributed by atoms with E-state index in [-0.39, 0.29) is 11.9 Å². The van der Waals surface area contributed by atoms with Gasteiger partial charge in [-0.05, 0) is 36.3 Å². The number of amides is 1. The molecular formula is C17H15Cl2NO. The minimum absolute atomic E-state index is 0.0518. The zero-order valence-electron chi connectivity index (χ0n) is 11.5. The van der Waals surface area contributed by atoms with Crippen LogP contribution in [0, 0.1) is 0 Å². The molecule has 1 unspecified atom stereocenters. The molecule has 1 amide bonds. The third-order valence-electron chi connectivity index (χ3n) is 3.04. The van der Waals surface area contributed by atoms with Crippen molar-refractivity contribution >= 4 is 35.2 Å². The Morgan fingerprint density at radius 1 is 1.14 bits per heavy atom. The lowest BCUT2D eigenvalue weighted by molar-refractivity contribution is -0.117. The second-order valence-corrected chi connectivity index (χ2v) is 5.48. The summed E-state index contributed by atoms with van der Waals surface area (Å²) in [5.41, 5.74) is 1.81. The quantitative estimate of drug-likeness (QED) is 0.799. The first-order chi connectivity index (χ1) is 10.1. The molecule has 0 aliphatic heterocycles. The molecule has 1 atom stereocenters. The van der Waals surface area contributed by atoms with Crippen LogP contribution in [0.3, 0.4) is 0 Å². The lowest BCUT2D eigenvalue weighted by atomic mass is 10.1. The molecule has 2 rings (SSSR count). The van der Waals surface area contributed by atoms with Crippen molar-refractivity contribution in [2.24, 2.45) is 0 Å². The van der Waals surface area contributed by atoms with Crippen molar-refractivity contribution < 1.29 is 4.79 Å². The number of hydrogen-bond acceptors (Lipinski definition) is 1. The molecule has 2 aromatic carbocycles. The Hall–Kier alpha value is -1.77. The SMILES string of the molecule is CC(NC(=O)/C=C/c1ccc(Cl)cc1Cl)c1ccccc1. The zero-order valence-corrected chi connectivity index (χ0v) is 13.0. The molecule has 0 aliphatic rings. The third kappa shape index (κ3) is 4.62. The Morgan fingerprint density at radius 2 is 1.86 bits per heavy atom. The summed E-state index contributed by atoms with van der Waals surface area (Å²) in [6.45, 7) is 1.94. The summed E-state index contributed by atoms with van der Waals surface area (Å²) in [4.78, 5) is 11.9. The lowest BCUT2D eigenvalue weighted by Gasteiger charge is -2.12. The Labute approximate surface area is 134 Å². The summed E-state index contributed by atoms with van der Waals surface area (Å²) in [5.74, 6) is -0.169. The Bertz CT molecular complexity index is 653. The van der Waals surface area contributed by atoms with Crippen molar-refractivity contribution in [3.63, 3.8) is 0 Å². The molecule has 1 N–H and O–H groups in total. The average Bonchev–Trinajstić information content (AvgIpc) is 2.47. The van der Waals surface area contributed by atoms with Gasteiger partial charge in [-0.1, -0.05) is 59.6 Å². The van der Waals surface area contributed by atoms with Crippen molar-refractivity contribution in [1.29, 1.82) is 0 Å². The van der Waals surface area contributed by atoms with Crippen molar-refractivity contribution in [3.05, 3.63) is 75.8 Å². The second kappa shape index (κ2) is 7.30. The first-order valence-corrected chi connectivity index (χ1v) is 7.30. The molecule has 0 bridgehead atoms. The fourth-order valence-electron chi connectivity index (χ4n) is 1.89. The maximum Gasteiger partial charge on any atom is 0.244 e. The molecule has 0 saturated carbocycles. The molecule has 4 heteroatoms. The van der Waals surface area contributed by atoms with Gasteiger partial charge in [-0.2, -0.15) is 0 Å². The van der Waals surface area contributed by atoms with E-state index in [9.17, 15) is 4.79 Å². The summed E-state index contributed by atoms with van der Waals surface area (Å²) in [7, 11) is 0. The van der Waals surface area contributed by atoms with E-state index in [1.54, 1.807) is 24.3 Å². The summed E-state index contributed by atoms with van der Waals surface area (Å²) >= 11 is 11.9. The van der Waals surface area contributed by atoms with E-state index in [0.29, 0.717) is 10.0 Å². The van der Waals surface area contributed by atoms with E-state index < -0.39 is 0 Å². The molecular weight excluding hydrogens is 305 g/mol. The summed E-state index contributed by atoms with van der Waals surface area (Å²) in [6, 6.07) is 14.9. The molecule has 21 heavy (non-hydrogen) atoms. The van der Waals surface area contributed by atoms with E-state index in [1.165, 1.54) is 6.08 Å². The average molecular weight is 320 g/mol. The Kier molecular flexibility index (Phi) is 5.43. The molecule has 108 valence electrons. The predicted octanol–water partition coefficient (Wildman–Crippen LogP) is 4.88. The van der Waals surface area contributed by atoms with Crippen LogP contribution in [-0.4, -0.2) is 5.91 Å². The molecule has 0 spiro atoms. The van der Waals surface area contributed by atoms with Gasteiger partial charge in [0, 0.05) is 16.1 Å². The van der Waals surface area contributed by atoms with Crippen LogP contribution in [-0.2, 0) is 4.79 Å². The monoisotopic (exact) mass is 319 g/mol. The van der Waals surface area contributed by atoms with Gasteiger partial charge in [0.05, 0.1) is 6.04 Å². The van der Waals surface area contributed by atoms with E-state index in [2.05, 4.69) is 5.32 Å². The Balaban J connectivity index is 2.00. The second-order valence-electron chi connectivity index (χ2n) is 4.64. The summed E-state index contributed by atoms with van der Waals surface area (Å²) in [6.07, 6.45) is 3.14. The third-order valence-corrected chi connectivity index (χ3v) is 3.60. The van der Waals surface area contributed by atoms with Crippen molar-refractivity contribution in [1.82, 2.24) is 5.32 Å². The molecule has 0 fully saturated rings. The van der Waals surface area contributed by atoms with Crippen LogP contribution in [0.15, 0.2) is 54.6 Å². The standard InChI is InChI=1S/C17H15Cl2NO/c1-12(13-5-3-2-4-6-13)20-17(21)10-8-14-7-9-15(18)11-16(14)19/h2-12H,1H3,(H,20,21)/b10-8+. The normalized spacial score (nSPS) is 12.3. The smallest absolute Gasteiger partial charge is 0.244 e. The highest BCUT2D eigenvalue weighted by Gasteiger charge is 2.06. The number of rotatable bonds is 4. The molecule has 0 radical (unpaired) electrons. The molecule has 0 aromatic heterocycles. The number of hydrogen-bond donors (Lipinski definition) is 1. The van der Waals surface area contributed by atoms with Crippen LogP contribution >= 0.6 is 23.2 Å². The molecule has 0 heterocycles. The van der Waals surface area contributed by atoms with Gasteiger partial charge in [0.2, 0.25) is 5.91 Å². The van der Waals surface area contributed by atoms with Crippen LogP contribution in [0.5, 0.6) is 0 Å². The van der Waals surface area contributed by atoms with Gasteiger partial charge in [0.15, 0.2) is 0 Å². The zero-order chi connectivity index (χ0) is 15.2. The van der Waals surface area contributed by atoms with Gasteiger partial charge in [-0.15, -0.1) is 0 Å². The predicted molar refractivity (Wildman–Crippen MR) is 88.5 cm³/mol. The molecule has 0 saturated heterocycles. The van der Waals surface area contributed by atoms with Crippen molar-refractivity contribution in [2.75, 3.05) is 0 Å². The molecule has 0 aliphatic carbocycles. The van der Waals surface area contributed by atoms with Crippen LogP contribution in [0.4, 0.5) is 0 Å². The minimum atomic E-state index is -0.169. The van der Waals surface area contributed by atoms with E-state index in [4.69, 9.17) is 23.2 Å². The van der Waals surface area contributed by atoms with Gasteiger partial charge in [-0.25, -0.2) is 0 Å². The summed E-state index contributed by atoms with van der Waals surface area (Å²) in [5, 5.41) is 3.99. The molecule has 2 nitrogen and oxygen atoms in total. The molecule has 2 aromatic rings. The van der Waals surface area contributed by atoms with Crippen LogP contribution in [0.25, 0.3) is 6.08 Å². The highest BCUT2D eigenvalue weighted by molar-refractivity contribution is 6.35. The van der Waals surface area contributed by atoms with Gasteiger partial charge in [0.25, 0.3) is 0 Å².